The molecule has 0 aliphatic heterocycles. The monoisotopic (exact) mass is 520 g/mol. The summed E-state index contributed by atoms with van der Waals surface area (Å²) in [4.78, 5) is 25.6. The van der Waals surface area contributed by atoms with Gasteiger partial charge in [-0.2, -0.15) is 0 Å². The average molecular weight is 521 g/mol. The maximum Gasteiger partial charge on any atom is 0.302 e. The molecule has 4 rings (SSSR count). The standard InChI is InChI=1S/C31H52O6/c1-20(2)8-7-9-21(3)25-10-11-26-24-16-28(33)31(34)17-23(37-22(4)32)12-15-30(31,18-36-19-35-6)27(24)13-14-29(25,26)5/h20-21,23-27,34H,7-19H2,1-6H3/t21?,23-,24-,25+,26-,27-,29+,30-,31-/m0/s1. The molecule has 0 aromatic heterocycles. The minimum Gasteiger partial charge on any atom is -0.462 e. The van der Waals surface area contributed by atoms with Gasteiger partial charge in [0.25, 0.3) is 0 Å². The molecule has 6 nitrogen and oxygen atoms in total. The number of hydrogen-bond donors (Lipinski definition) is 1. The normalized spacial score (nSPS) is 42.2. The molecule has 37 heavy (non-hydrogen) atoms. The van der Waals surface area contributed by atoms with Gasteiger partial charge in [-0.25, -0.2) is 0 Å². The second kappa shape index (κ2) is 11.3. The Morgan fingerprint density at radius 2 is 1.84 bits per heavy atom. The van der Waals surface area contributed by atoms with Gasteiger partial charge in [0.05, 0.1) is 6.61 Å². The number of rotatable bonds is 10. The minimum absolute atomic E-state index is 0.0655. The number of aliphatic hydroxyl groups is 1. The molecule has 1 unspecified atom stereocenters. The van der Waals surface area contributed by atoms with E-state index in [4.69, 9.17) is 14.2 Å². The van der Waals surface area contributed by atoms with E-state index in [0.29, 0.717) is 43.6 Å². The summed E-state index contributed by atoms with van der Waals surface area (Å²) in [6.07, 6.45) is 10.0. The summed E-state index contributed by atoms with van der Waals surface area (Å²) in [5.41, 5.74) is -1.90. The van der Waals surface area contributed by atoms with Gasteiger partial charge in [-0.3, -0.25) is 9.59 Å². The Morgan fingerprint density at radius 3 is 2.51 bits per heavy atom. The van der Waals surface area contributed by atoms with E-state index >= 15 is 0 Å². The van der Waals surface area contributed by atoms with E-state index in [1.54, 1.807) is 7.11 Å². The summed E-state index contributed by atoms with van der Waals surface area (Å²) in [5.74, 6) is 2.79. The Morgan fingerprint density at radius 1 is 1.08 bits per heavy atom. The zero-order chi connectivity index (χ0) is 27.0. The predicted octanol–water partition coefficient (Wildman–Crippen LogP) is 5.93. The number of fused-ring (bicyclic) bond motifs is 5. The van der Waals surface area contributed by atoms with Gasteiger partial charge in [-0.1, -0.05) is 47.0 Å². The highest BCUT2D eigenvalue weighted by atomic mass is 16.7. The van der Waals surface area contributed by atoms with Crippen molar-refractivity contribution in [2.24, 2.45) is 46.3 Å². The van der Waals surface area contributed by atoms with Gasteiger partial charge in [0.1, 0.15) is 18.5 Å². The lowest BCUT2D eigenvalue weighted by molar-refractivity contribution is -0.241. The van der Waals surface area contributed by atoms with Crippen LogP contribution in [0, 0.1) is 46.3 Å². The summed E-state index contributed by atoms with van der Waals surface area (Å²) in [7, 11) is 1.60. The van der Waals surface area contributed by atoms with Crippen LogP contribution in [0.1, 0.15) is 105 Å². The van der Waals surface area contributed by atoms with Gasteiger partial charge in [0.2, 0.25) is 0 Å². The van der Waals surface area contributed by atoms with Crippen LogP contribution in [-0.2, 0) is 23.8 Å². The third-order valence-corrected chi connectivity index (χ3v) is 11.4. The average Bonchev–Trinajstić information content (AvgIpc) is 3.17. The molecule has 0 radical (unpaired) electrons. The number of hydrogen-bond acceptors (Lipinski definition) is 6. The maximum absolute atomic E-state index is 13.9. The molecule has 4 fully saturated rings. The first-order valence-electron chi connectivity index (χ1n) is 15.0. The summed E-state index contributed by atoms with van der Waals surface area (Å²) in [5, 5.41) is 12.2. The molecule has 0 aromatic rings. The number of Topliss-reactive ketones (excluding diaryl/α,β-unsaturated/α-hetero) is 1. The van der Waals surface area contributed by atoms with Crippen LogP contribution in [0.5, 0.6) is 0 Å². The van der Waals surface area contributed by atoms with Crippen LogP contribution in [0.15, 0.2) is 0 Å². The second-order valence-corrected chi connectivity index (χ2v) is 13.8. The molecule has 9 atom stereocenters. The van der Waals surface area contributed by atoms with Crippen LogP contribution in [0.25, 0.3) is 0 Å². The van der Waals surface area contributed by atoms with Crippen molar-refractivity contribution in [3.8, 4) is 0 Å². The van der Waals surface area contributed by atoms with Crippen LogP contribution in [0.2, 0.25) is 0 Å². The highest BCUT2D eigenvalue weighted by Crippen LogP contribution is 2.68. The molecule has 0 aromatic carbocycles. The van der Waals surface area contributed by atoms with Crippen LogP contribution in [-0.4, -0.2) is 49.1 Å². The molecule has 1 N–H and O–H groups in total. The van der Waals surface area contributed by atoms with Crippen molar-refractivity contribution in [3.63, 3.8) is 0 Å². The number of ether oxygens (including phenoxy) is 3. The van der Waals surface area contributed by atoms with Crippen LogP contribution < -0.4 is 0 Å². The second-order valence-electron chi connectivity index (χ2n) is 13.8. The molecule has 4 aliphatic rings. The highest BCUT2D eigenvalue weighted by molar-refractivity contribution is 5.90. The van der Waals surface area contributed by atoms with Crippen molar-refractivity contribution in [2.75, 3.05) is 20.5 Å². The van der Waals surface area contributed by atoms with Crippen LogP contribution in [0.3, 0.4) is 0 Å². The first-order chi connectivity index (χ1) is 17.5. The third kappa shape index (κ3) is 5.16. The molecule has 0 heterocycles. The van der Waals surface area contributed by atoms with Crippen molar-refractivity contribution < 1.29 is 28.9 Å². The van der Waals surface area contributed by atoms with Gasteiger partial charge in [0, 0.05) is 32.3 Å². The van der Waals surface area contributed by atoms with Crippen LogP contribution in [0.4, 0.5) is 0 Å². The molecule has 0 saturated heterocycles. The maximum atomic E-state index is 13.9. The Bertz CT molecular complexity index is 827. The largest absolute Gasteiger partial charge is 0.462 e. The fourth-order valence-electron chi connectivity index (χ4n) is 9.75. The number of methoxy groups -OCH3 is 1. The SMILES string of the molecule is COCOC[C@]12CC[C@H](OC(C)=O)C[C@]1(O)C(=O)C[C@H]1[C@@H]3CC[C@H](C(C)CCCC(C)C)[C@@]3(C)CC[C@@H]12. The lowest BCUT2D eigenvalue weighted by Crippen LogP contribution is -2.70. The quantitative estimate of drug-likeness (QED) is 0.218. The highest BCUT2D eigenvalue weighted by Gasteiger charge is 2.69. The molecule has 0 spiro atoms. The lowest BCUT2D eigenvalue weighted by atomic mass is 9.42. The molecule has 0 amide bonds. The van der Waals surface area contributed by atoms with Crippen molar-refractivity contribution >= 4 is 11.8 Å². The molecule has 6 heteroatoms. The zero-order valence-electron chi connectivity index (χ0n) is 24.2. The Balaban J connectivity index is 1.59. The van der Waals surface area contributed by atoms with E-state index in [2.05, 4.69) is 27.7 Å². The molecule has 0 bridgehead atoms. The van der Waals surface area contributed by atoms with Gasteiger partial charge in [-0.15, -0.1) is 0 Å². The third-order valence-electron chi connectivity index (χ3n) is 11.4. The lowest BCUT2D eigenvalue weighted by Gasteiger charge is -2.64. The first kappa shape index (κ1) is 29.0. The van der Waals surface area contributed by atoms with E-state index in [1.807, 2.05) is 0 Å². The molecular weight excluding hydrogens is 468 g/mol. The summed E-state index contributed by atoms with van der Waals surface area (Å²) < 4.78 is 16.7. The van der Waals surface area contributed by atoms with E-state index in [0.717, 1.165) is 18.8 Å². The van der Waals surface area contributed by atoms with E-state index in [9.17, 15) is 14.7 Å². The molecular formula is C31H52O6. The van der Waals surface area contributed by atoms with E-state index in [-0.39, 0.29) is 42.2 Å². The summed E-state index contributed by atoms with van der Waals surface area (Å²) in [6, 6.07) is 0. The van der Waals surface area contributed by atoms with Crippen molar-refractivity contribution in [1.29, 1.82) is 0 Å². The van der Waals surface area contributed by atoms with E-state index < -0.39 is 17.1 Å². The molecule has 4 aliphatic carbocycles. The Kier molecular flexibility index (Phi) is 8.82. The predicted molar refractivity (Wildman–Crippen MR) is 143 cm³/mol. The zero-order valence-corrected chi connectivity index (χ0v) is 24.2. The van der Waals surface area contributed by atoms with E-state index in [1.165, 1.54) is 39.0 Å². The van der Waals surface area contributed by atoms with Crippen molar-refractivity contribution in [1.82, 2.24) is 0 Å². The molecule has 212 valence electrons. The van der Waals surface area contributed by atoms with Crippen LogP contribution >= 0.6 is 0 Å². The Hall–Kier alpha value is -0.980. The van der Waals surface area contributed by atoms with Crippen molar-refractivity contribution in [3.05, 3.63) is 0 Å². The Labute approximate surface area is 224 Å². The fourth-order valence-corrected chi connectivity index (χ4v) is 9.75. The fraction of sp³-hybridized carbons (Fsp3) is 0.935. The number of esters is 1. The first-order valence-corrected chi connectivity index (χ1v) is 15.0. The summed E-state index contributed by atoms with van der Waals surface area (Å²) >= 11 is 0. The number of carbonyl (C=O) groups excluding carboxylic acids is 2. The van der Waals surface area contributed by atoms with Gasteiger partial charge in [-0.05, 0) is 79.4 Å². The summed E-state index contributed by atoms with van der Waals surface area (Å²) in [6.45, 7) is 11.5. The van der Waals surface area contributed by atoms with Gasteiger partial charge >= 0.3 is 5.97 Å². The van der Waals surface area contributed by atoms with Crippen molar-refractivity contribution in [2.45, 2.75) is 117 Å². The number of carbonyl (C=O) groups is 2. The molecule has 4 saturated carbocycles. The van der Waals surface area contributed by atoms with Gasteiger partial charge in [0.15, 0.2) is 5.78 Å². The smallest absolute Gasteiger partial charge is 0.302 e. The van der Waals surface area contributed by atoms with Gasteiger partial charge < -0.3 is 19.3 Å². The minimum atomic E-state index is -1.52. The topological polar surface area (TPSA) is 82.1 Å². The number of ketones is 1.